The summed E-state index contributed by atoms with van der Waals surface area (Å²) in [5.41, 5.74) is 0. The molecule has 2 N–H and O–H groups in total. The van der Waals surface area contributed by atoms with Crippen LogP contribution >= 0.6 is 35.3 Å². The molecule has 0 saturated carbocycles. The molecule has 0 saturated heterocycles. The van der Waals surface area contributed by atoms with Gasteiger partial charge in [0.25, 0.3) is 20.2 Å². The van der Waals surface area contributed by atoms with E-state index in [2.05, 4.69) is 0 Å². The summed E-state index contributed by atoms with van der Waals surface area (Å²) >= 11 is 5.15. The van der Waals surface area contributed by atoms with E-state index >= 15 is 0 Å². The molecule has 0 spiro atoms. The Hall–Kier alpha value is 0.870. The molecule has 0 aromatic carbocycles. The summed E-state index contributed by atoms with van der Waals surface area (Å²) in [7, 11) is -7.64. The summed E-state index contributed by atoms with van der Waals surface area (Å²) in [5, 5.41) is 0. The quantitative estimate of drug-likeness (QED) is 0.334. The van der Waals surface area contributed by atoms with E-state index in [1.807, 2.05) is 0 Å². The van der Waals surface area contributed by atoms with E-state index in [0.29, 0.717) is 12.8 Å². The van der Waals surface area contributed by atoms with Gasteiger partial charge in [-0.2, -0.15) is 52.1 Å². The lowest BCUT2D eigenvalue weighted by atomic mass is 10.6. The number of rotatable bonds is 14. The molecule has 0 bridgehead atoms. The Kier molecular flexibility index (Phi) is 12.8. The third kappa shape index (κ3) is 20.9. The van der Waals surface area contributed by atoms with Crippen LogP contribution in [0.5, 0.6) is 0 Å². The van der Waals surface area contributed by atoms with Crippen LogP contribution in [0.15, 0.2) is 0 Å². The van der Waals surface area contributed by atoms with Crippen molar-refractivity contribution in [2.24, 2.45) is 0 Å². The zero-order valence-corrected chi connectivity index (χ0v) is 15.7. The third-order valence-corrected chi connectivity index (χ3v) is 7.38. The molecule has 0 atom stereocenters. The van der Waals surface area contributed by atoms with Crippen LogP contribution in [0.3, 0.4) is 0 Å². The van der Waals surface area contributed by atoms with Crippen molar-refractivity contribution in [3.8, 4) is 0 Å². The minimum absolute atomic E-state index is 0.173. The number of hydrogen-bond acceptors (Lipinski definition) is 7. The van der Waals surface area contributed by atoms with Gasteiger partial charge in [0.2, 0.25) is 0 Å². The smallest absolute Gasteiger partial charge is 0.264 e. The molecule has 0 aliphatic carbocycles. The van der Waals surface area contributed by atoms with Gasteiger partial charge in [0.1, 0.15) is 0 Å². The van der Waals surface area contributed by atoms with Gasteiger partial charge in [0.15, 0.2) is 0 Å². The van der Waals surface area contributed by atoms with Gasteiger partial charge in [-0.15, -0.1) is 0 Å². The Morgan fingerprint density at radius 3 is 1.14 bits per heavy atom. The van der Waals surface area contributed by atoms with Crippen molar-refractivity contribution in [3.05, 3.63) is 0 Å². The Bertz CT molecular complexity index is 405. The molecule has 6 nitrogen and oxygen atoms in total. The molecule has 0 radical (unpaired) electrons. The average Bonchev–Trinajstić information content (AvgIpc) is 2.32. The van der Waals surface area contributed by atoms with Gasteiger partial charge in [-0.1, -0.05) is 0 Å². The highest BCUT2D eigenvalue weighted by atomic mass is 32.2. The van der Waals surface area contributed by atoms with Gasteiger partial charge in [0, 0.05) is 23.0 Å². The SMILES string of the molecule is O=S(=O)(O)CCCSCCSCCSCCCS(=O)(=O)O. The lowest BCUT2D eigenvalue weighted by Gasteiger charge is -2.02. The van der Waals surface area contributed by atoms with E-state index < -0.39 is 20.2 Å². The van der Waals surface area contributed by atoms with Crippen LogP contribution in [0.2, 0.25) is 0 Å². The Morgan fingerprint density at radius 2 is 0.857 bits per heavy atom. The van der Waals surface area contributed by atoms with E-state index in [-0.39, 0.29) is 11.5 Å². The largest absolute Gasteiger partial charge is 0.286 e. The zero-order chi connectivity index (χ0) is 16.2. The van der Waals surface area contributed by atoms with E-state index in [1.54, 1.807) is 35.3 Å². The molecule has 21 heavy (non-hydrogen) atoms. The fourth-order valence-corrected chi connectivity index (χ4v) is 5.81. The summed E-state index contributed by atoms with van der Waals surface area (Å²) in [4.78, 5) is 0. The van der Waals surface area contributed by atoms with Crippen molar-refractivity contribution in [1.29, 1.82) is 0 Å². The molecule has 0 amide bonds. The van der Waals surface area contributed by atoms with Crippen molar-refractivity contribution >= 4 is 55.5 Å². The third-order valence-electron chi connectivity index (χ3n) is 2.13. The molecule has 0 aromatic rings. The van der Waals surface area contributed by atoms with E-state index in [9.17, 15) is 16.8 Å². The topological polar surface area (TPSA) is 109 Å². The first-order valence-electron chi connectivity index (χ1n) is 6.34. The lowest BCUT2D eigenvalue weighted by Crippen LogP contribution is -2.05. The number of hydrogen-bond donors (Lipinski definition) is 2. The molecule has 0 aliphatic rings. The second kappa shape index (κ2) is 12.3. The maximum atomic E-state index is 10.5. The standard InChI is InChI=1S/C10H22O6S5/c11-20(12,13)9-1-3-17-5-7-19-8-6-18-4-2-10-21(14,15)16/h1-10H2,(H,11,12,13)(H,14,15,16). The fraction of sp³-hybridized carbons (Fsp3) is 1.00. The van der Waals surface area contributed by atoms with Crippen LogP contribution in [-0.2, 0) is 20.2 Å². The van der Waals surface area contributed by atoms with Crippen LogP contribution in [0.4, 0.5) is 0 Å². The van der Waals surface area contributed by atoms with Gasteiger partial charge >= 0.3 is 0 Å². The second-order valence-corrected chi connectivity index (χ2v) is 10.9. The predicted octanol–water partition coefficient (Wildman–Crippen LogP) is 1.74. The molecule has 0 unspecified atom stereocenters. The molecule has 0 rings (SSSR count). The fourth-order valence-electron chi connectivity index (χ4n) is 1.23. The predicted molar refractivity (Wildman–Crippen MR) is 94.0 cm³/mol. The number of thioether (sulfide) groups is 3. The first-order chi connectivity index (χ1) is 9.71. The molecule has 11 heteroatoms. The highest BCUT2D eigenvalue weighted by Gasteiger charge is 2.04. The Balaban J connectivity index is 3.16. The molecule has 0 heterocycles. The molecular formula is C10H22O6S5. The summed E-state index contributed by atoms with van der Waals surface area (Å²) in [6, 6.07) is 0. The first-order valence-corrected chi connectivity index (χ1v) is 13.0. The van der Waals surface area contributed by atoms with Crippen molar-refractivity contribution in [2.75, 3.05) is 46.0 Å². The minimum atomic E-state index is -3.82. The second-order valence-electron chi connectivity index (χ2n) is 4.12. The monoisotopic (exact) mass is 398 g/mol. The molecular weight excluding hydrogens is 376 g/mol. The average molecular weight is 399 g/mol. The van der Waals surface area contributed by atoms with Crippen molar-refractivity contribution in [1.82, 2.24) is 0 Å². The molecule has 128 valence electrons. The van der Waals surface area contributed by atoms with Crippen molar-refractivity contribution in [2.45, 2.75) is 12.8 Å². The first kappa shape index (κ1) is 21.9. The van der Waals surface area contributed by atoms with Gasteiger partial charge in [-0.25, -0.2) is 0 Å². The lowest BCUT2D eigenvalue weighted by molar-refractivity contribution is 0.480. The summed E-state index contributed by atoms with van der Waals surface area (Å²) in [6.07, 6.45) is 0.940. The molecule has 0 aliphatic heterocycles. The van der Waals surface area contributed by atoms with Gasteiger partial charge < -0.3 is 0 Å². The summed E-state index contributed by atoms with van der Waals surface area (Å²) < 4.78 is 58.9. The van der Waals surface area contributed by atoms with Crippen LogP contribution in [0.25, 0.3) is 0 Å². The normalized spacial score (nSPS) is 12.7. The van der Waals surface area contributed by atoms with Crippen LogP contribution < -0.4 is 0 Å². The Morgan fingerprint density at radius 1 is 0.571 bits per heavy atom. The summed E-state index contributed by atoms with van der Waals surface area (Å²) in [5.74, 6) is 4.98. The maximum absolute atomic E-state index is 10.5. The van der Waals surface area contributed by atoms with E-state index in [0.717, 1.165) is 34.5 Å². The Labute approximate surface area is 140 Å². The van der Waals surface area contributed by atoms with Crippen LogP contribution in [0.1, 0.15) is 12.8 Å². The maximum Gasteiger partial charge on any atom is 0.264 e. The minimum Gasteiger partial charge on any atom is -0.286 e. The van der Waals surface area contributed by atoms with Crippen LogP contribution in [-0.4, -0.2) is 72.0 Å². The molecule has 0 fully saturated rings. The molecule has 0 aromatic heterocycles. The van der Waals surface area contributed by atoms with Crippen molar-refractivity contribution < 1.29 is 25.9 Å². The van der Waals surface area contributed by atoms with Gasteiger partial charge in [-0.3, -0.25) is 9.11 Å². The van der Waals surface area contributed by atoms with E-state index in [4.69, 9.17) is 9.11 Å². The van der Waals surface area contributed by atoms with Crippen molar-refractivity contribution in [3.63, 3.8) is 0 Å². The highest BCUT2D eigenvalue weighted by molar-refractivity contribution is 8.04. The van der Waals surface area contributed by atoms with E-state index in [1.165, 1.54) is 0 Å². The summed E-state index contributed by atoms with van der Waals surface area (Å²) in [6.45, 7) is 0. The highest BCUT2D eigenvalue weighted by Crippen LogP contribution is 2.12. The van der Waals surface area contributed by atoms with Gasteiger partial charge in [0.05, 0.1) is 11.5 Å². The zero-order valence-electron chi connectivity index (χ0n) is 11.6. The van der Waals surface area contributed by atoms with Gasteiger partial charge in [-0.05, 0) is 24.3 Å². The van der Waals surface area contributed by atoms with Crippen LogP contribution in [0, 0.1) is 0 Å².